The summed E-state index contributed by atoms with van der Waals surface area (Å²) >= 11 is 0. The predicted octanol–water partition coefficient (Wildman–Crippen LogP) is 4.12. The molecule has 4 nitrogen and oxygen atoms in total. The molecule has 4 heteroatoms. The van der Waals surface area contributed by atoms with E-state index < -0.39 is 0 Å². The largest absolute Gasteiger partial charge is 0.497 e. The van der Waals surface area contributed by atoms with Crippen LogP contribution in [0.5, 0.6) is 11.5 Å². The summed E-state index contributed by atoms with van der Waals surface area (Å²) in [4.78, 5) is 13.1. The summed E-state index contributed by atoms with van der Waals surface area (Å²) in [6.45, 7) is 0. The first-order chi connectivity index (χ1) is 11.2. The Bertz CT molecular complexity index is 1110. The molecule has 0 bridgehead atoms. The highest BCUT2D eigenvalue weighted by molar-refractivity contribution is 6.09. The number of hydrogen-bond acceptors (Lipinski definition) is 4. The monoisotopic (exact) mass is 306 g/mol. The molecule has 0 spiro atoms. The fourth-order valence-corrected chi connectivity index (χ4v) is 2.96. The molecule has 0 saturated carbocycles. The third kappa shape index (κ3) is 1.95. The van der Waals surface area contributed by atoms with E-state index in [-0.39, 0.29) is 5.43 Å². The van der Waals surface area contributed by atoms with Gasteiger partial charge in [0.15, 0.2) is 0 Å². The second-order valence-electron chi connectivity index (χ2n) is 5.29. The van der Waals surface area contributed by atoms with Crippen molar-refractivity contribution in [1.82, 2.24) is 0 Å². The zero-order valence-electron chi connectivity index (χ0n) is 12.8. The summed E-state index contributed by atoms with van der Waals surface area (Å²) in [5.41, 5.74) is 0.971. The molecule has 4 rings (SSSR count). The Kier molecular flexibility index (Phi) is 2.98. The summed E-state index contributed by atoms with van der Waals surface area (Å²) in [5, 5.41) is 2.76. The zero-order valence-corrected chi connectivity index (χ0v) is 12.8. The molecule has 23 heavy (non-hydrogen) atoms. The van der Waals surface area contributed by atoms with E-state index in [1.54, 1.807) is 32.4 Å². The Morgan fingerprint density at radius 2 is 1.65 bits per heavy atom. The summed E-state index contributed by atoms with van der Waals surface area (Å²) in [5.74, 6) is 1.21. The van der Waals surface area contributed by atoms with Crippen LogP contribution in [0.3, 0.4) is 0 Å². The van der Waals surface area contributed by atoms with Crippen LogP contribution in [0, 0.1) is 0 Å². The minimum Gasteiger partial charge on any atom is -0.497 e. The topological polar surface area (TPSA) is 48.7 Å². The number of rotatable bonds is 2. The van der Waals surface area contributed by atoms with Crippen LogP contribution in [0.4, 0.5) is 0 Å². The molecule has 0 unspecified atom stereocenters. The number of benzene rings is 3. The average molecular weight is 306 g/mol. The van der Waals surface area contributed by atoms with Crippen molar-refractivity contribution < 1.29 is 13.9 Å². The molecule has 0 amide bonds. The number of hydrogen-bond donors (Lipinski definition) is 0. The lowest BCUT2D eigenvalue weighted by molar-refractivity contribution is 0.415. The normalized spacial score (nSPS) is 11.2. The molecule has 0 fully saturated rings. The molecule has 0 radical (unpaired) electrons. The van der Waals surface area contributed by atoms with Crippen LogP contribution in [-0.2, 0) is 0 Å². The molecule has 0 aliphatic heterocycles. The zero-order chi connectivity index (χ0) is 16.0. The third-order valence-corrected chi connectivity index (χ3v) is 4.07. The van der Waals surface area contributed by atoms with Crippen molar-refractivity contribution >= 4 is 32.7 Å². The molecule has 0 aliphatic rings. The predicted molar refractivity (Wildman–Crippen MR) is 90.6 cm³/mol. The third-order valence-electron chi connectivity index (χ3n) is 4.07. The Labute approximate surface area is 131 Å². The van der Waals surface area contributed by atoms with Crippen LogP contribution in [0.1, 0.15) is 0 Å². The average Bonchev–Trinajstić information content (AvgIpc) is 2.60. The first-order valence-electron chi connectivity index (χ1n) is 7.23. The summed E-state index contributed by atoms with van der Waals surface area (Å²) < 4.78 is 16.5. The lowest BCUT2D eigenvalue weighted by Gasteiger charge is -2.08. The highest BCUT2D eigenvalue weighted by Gasteiger charge is 2.14. The van der Waals surface area contributed by atoms with E-state index in [9.17, 15) is 4.79 Å². The Morgan fingerprint density at radius 3 is 2.43 bits per heavy atom. The van der Waals surface area contributed by atoms with Crippen molar-refractivity contribution in [3.8, 4) is 11.5 Å². The maximum Gasteiger partial charge on any atom is 0.204 e. The van der Waals surface area contributed by atoms with E-state index >= 15 is 0 Å². The van der Waals surface area contributed by atoms with Crippen LogP contribution in [-0.4, -0.2) is 14.2 Å². The van der Waals surface area contributed by atoms with E-state index in [0.717, 1.165) is 10.8 Å². The van der Waals surface area contributed by atoms with Crippen molar-refractivity contribution in [2.45, 2.75) is 0 Å². The highest BCUT2D eigenvalue weighted by Crippen LogP contribution is 2.31. The van der Waals surface area contributed by atoms with E-state index in [2.05, 4.69) is 0 Å². The van der Waals surface area contributed by atoms with Gasteiger partial charge in [-0.25, -0.2) is 0 Å². The molecule has 0 N–H and O–H groups in total. The number of fused-ring (bicyclic) bond motifs is 4. The minimum absolute atomic E-state index is 0.0995. The van der Waals surface area contributed by atoms with Crippen molar-refractivity contribution in [1.29, 1.82) is 0 Å². The summed E-state index contributed by atoms with van der Waals surface area (Å²) in [7, 11) is 3.15. The lowest BCUT2D eigenvalue weighted by Crippen LogP contribution is -2.04. The molecule has 0 saturated heterocycles. The van der Waals surface area contributed by atoms with Gasteiger partial charge < -0.3 is 13.9 Å². The van der Waals surface area contributed by atoms with Crippen LogP contribution in [0.15, 0.2) is 57.7 Å². The molecule has 114 valence electrons. The van der Waals surface area contributed by atoms with Crippen molar-refractivity contribution in [3.63, 3.8) is 0 Å². The maximum atomic E-state index is 13.1. The van der Waals surface area contributed by atoms with Gasteiger partial charge >= 0.3 is 0 Å². The SMILES string of the molecule is COc1ccc2ccc3oc4cccc(OC)c4c(=O)c3c2c1. The van der Waals surface area contributed by atoms with Gasteiger partial charge in [-0.2, -0.15) is 0 Å². The van der Waals surface area contributed by atoms with Gasteiger partial charge in [-0.1, -0.05) is 18.2 Å². The second kappa shape index (κ2) is 5.02. The molecule has 3 aromatic carbocycles. The first-order valence-corrected chi connectivity index (χ1v) is 7.23. The molecule has 0 aliphatic carbocycles. The van der Waals surface area contributed by atoms with Gasteiger partial charge in [-0.3, -0.25) is 4.79 Å². The van der Waals surface area contributed by atoms with Gasteiger partial charge in [-0.15, -0.1) is 0 Å². The smallest absolute Gasteiger partial charge is 0.204 e. The van der Waals surface area contributed by atoms with E-state index in [1.165, 1.54) is 0 Å². The van der Waals surface area contributed by atoms with Gasteiger partial charge in [0.05, 0.1) is 19.6 Å². The molecular weight excluding hydrogens is 292 g/mol. The standard InChI is InChI=1S/C19H14O4/c1-21-12-8-6-11-7-9-16-17(13(11)10-12)19(20)18-14(22-2)4-3-5-15(18)23-16/h3-10H,1-2H3. The quantitative estimate of drug-likeness (QED) is 0.413. The minimum atomic E-state index is -0.0995. The van der Waals surface area contributed by atoms with Crippen molar-refractivity contribution in [3.05, 3.63) is 58.8 Å². The molecule has 4 aromatic rings. The first kappa shape index (κ1) is 13.6. The van der Waals surface area contributed by atoms with E-state index in [0.29, 0.717) is 33.4 Å². The Morgan fingerprint density at radius 1 is 0.870 bits per heavy atom. The van der Waals surface area contributed by atoms with Crippen LogP contribution in [0.2, 0.25) is 0 Å². The van der Waals surface area contributed by atoms with Gasteiger partial charge in [0, 0.05) is 5.39 Å². The number of ether oxygens (including phenoxy) is 2. The lowest BCUT2D eigenvalue weighted by atomic mass is 10.0. The van der Waals surface area contributed by atoms with Gasteiger partial charge in [-0.05, 0) is 35.7 Å². The highest BCUT2D eigenvalue weighted by atomic mass is 16.5. The van der Waals surface area contributed by atoms with Crippen LogP contribution >= 0.6 is 0 Å². The summed E-state index contributed by atoms with van der Waals surface area (Å²) in [6.07, 6.45) is 0. The Balaban J connectivity index is 2.27. The van der Waals surface area contributed by atoms with Crippen molar-refractivity contribution in [2.24, 2.45) is 0 Å². The summed E-state index contributed by atoms with van der Waals surface area (Å²) in [6, 6.07) is 14.8. The van der Waals surface area contributed by atoms with Crippen LogP contribution in [0.25, 0.3) is 32.7 Å². The van der Waals surface area contributed by atoms with Crippen molar-refractivity contribution in [2.75, 3.05) is 14.2 Å². The molecule has 1 aromatic heterocycles. The van der Waals surface area contributed by atoms with Gasteiger partial charge in [0.1, 0.15) is 28.1 Å². The fourth-order valence-electron chi connectivity index (χ4n) is 2.96. The molecule has 1 heterocycles. The maximum absolute atomic E-state index is 13.1. The number of methoxy groups -OCH3 is 2. The van der Waals surface area contributed by atoms with Crippen LogP contribution < -0.4 is 14.9 Å². The van der Waals surface area contributed by atoms with Gasteiger partial charge in [0.2, 0.25) is 5.43 Å². The molecule has 0 atom stereocenters. The second-order valence-corrected chi connectivity index (χ2v) is 5.29. The van der Waals surface area contributed by atoms with E-state index in [1.807, 2.05) is 30.3 Å². The Hall–Kier alpha value is -3.01. The van der Waals surface area contributed by atoms with Gasteiger partial charge in [0.25, 0.3) is 0 Å². The molecular formula is C19H14O4. The fraction of sp³-hybridized carbons (Fsp3) is 0.105. The van der Waals surface area contributed by atoms with E-state index in [4.69, 9.17) is 13.9 Å².